The maximum absolute atomic E-state index is 12.7. The molecule has 0 saturated heterocycles. The predicted octanol–water partition coefficient (Wildman–Crippen LogP) is 2.75. The van der Waals surface area contributed by atoms with Crippen LogP contribution >= 0.6 is 0 Å². The van der Waals surface area contributed by atoms with Crippen molar-refractivity contribution in [2.75, 3.05) is 33.1 Å². The molecule has 0 radical (unpaired) electrons. The van der Waals surface area contributed by atoms with Crippen LogP contribution in [0.1, 0.15) is 39.0 Å². The summed E-state index contributed by atoms with van der Waals surface area (Å²) in [7, 11) is 5.30. The molecule has 6 nitrogen and oxygen atoms in total. The minimum absolute atomic E-state index is 0.0802. The second kappa shape index (κ2) is 9.57. The number of nitrogens with one attached hydrogen (secondary N) is 1. The van der Waals surface area contributed by atoms with E-state index in [1.807, 2.05) is 25.9 Å². The van der Waals surface area contributed by atoms with Crippen LogP contribution in [-0.4, -0.2) is 61.4 Å². The van der Waals surface area contributed by atoms with E-state index >= 15 is 0 Å². The van der Waals surface area contributed by atoms with E-state index in [9.17, 15) is 9.59 Å². The largest absolute Gasteiger partial charge is 0.497 e. The summed E-state index contributed by atoms with van der Waals surface area (Å²) in [5, 5.41) is 2.85. The fourth-order valence-corrected chi connectivity index (χ4v) is 3.37. The molecular weight excluding hydrogens is 330 g/mol. The van der Waals surface area contributed by atoms with E-state index in [-0.39, 0.29) is 24.4 Å². The second-order valence-electron chi connectivity index (χ2n) is 7.11. The van der Waals surface area contributed by atoms with Crippen molar-refractivity contribution in [1.29, 1.82) is 0 Å². The van der Waals surface area contributed by atoms with E-state index in [4.69, 9.17) is 4.74 Å². The number of ether oxygens (including phenoxy) is 1. The molecule has 1 N–H and O–H groups in total. The number of likely N-dealkylation sites (N-methyl/N-ethyl adjacent to an activating group) is 2. The van der Waals surface area contributed by atoms with Crippen LogP contribution in [0.2, 0.25) is 0 Å². The highest BCUT2D eigenvalue weighted by Crippen LogP contribution is 2.22. The van der Waals surface area contributed by atoms with Crippen LogP contribution in [0.25, 0.3) is 0 Å². The predicted molar refractivity (Wildman–Crippen MR) is 103 cm³/mol. The quantitative estimate of drug-likeness (QED) is 0.811. The van der Waals surface area contributed by atoms with Gasteiger partial charge in [0, 0.05) is 18.8 Å². The molecule has 1 atom stereocenters. The molecule has 2 amide bonds. The average Bonchev–Trinajstić information content (AvgIpc) is 2.67. The molecule has 0 heterocycles. The summed E-state index contributed by atoms with van der Waals surface area (Å²) in [4.78, 5) is 28.7. The Balaban J connectivity index is 1.85. The number of rotatable bonds is 7. The molecule has 1 saturated carbocycles. The minimum Gasteiger partial charge on any atom is -0.497 e. The maximum Gasteiger partial charge on any atom is 0.239 e. The van der Waals surface area contributed by atoms with Gasteiger partial charge in [0.25, 0.3) is 0 Å². The zero-order valence-electron chi connectivity index (χ0n) is 16.3. The van der Waals surface area contributed by atoms with E-state index in [2.05, 4.69) is 5.32 Å². The Labute approximate surface area is 156 Å². The van der Waals surface area contributed by atoms with Gasteiger partial charge in [-0.25, -0.2) is 0 Å². The van der Waals surface area contributed by atoms with Crippen LogP contribution in [0, 0.1) is 0 Å². The summed E-state index contributed by atoms with van der Waals surface area (Å²) in [6.45, 7) is 2.03. The van der Waals surface area contributed by atoms with E-state index in [0.29, 0.717) is 11.7 Å². The zero-order valence-corrected chi connectivity index (χ0v) is 16.3. The SMILES string of the molecule is COc1ccc(NC(=O)CN(C)[C@H](C)C(=O)N(C)C2CCCCC2)cc1. The van der Waals surface area contributed by atoms with Crippen LogP contribution in [-0.2, 0) is 9.59 Å². The lowest BCUT2D eigenvalue weighted by molar-refractivity contribution is -0.137. The van der Waals surface area contributed by atoms with Crippen molar-refractivity contribution >= 4 is 17.5 Å². The summed E-state index contributed by atoms with van der Waals surface area (Å²) in [6.07, 6.45) is 5.81. The van der Waals surface area contributed by atoms with Gasteiger partial charge in [-0.05, 0) is 51.1 Å². The highest BCUT2D eigenvalue weighted by molar-refractivity contribution is 5.92. The Morgan fingerprint density at radius 3 is 2.35 bits per heavy atom. The Bertz CT molecular complexity index is 597. The number of carbonyl (C=O) groups is 2. The van der Waals surface area contributed by atoms with Crippen LogP contribution in [0.3, 0.4) is 0 Å². The number of carbonyl (C=O) groups excluding carboxylic acids is 2. The van der Waals surface area contributed by atoms with Gasteiger partial charge >= 0.3 is 0 Å². The molecule has 0 spiro atoms. The first-order valence-electron chi connectivity index (χ1n) is 9.33. The summed E-state index contributed by atoms with van der Waals surface area (Å²) in [6, 6.07) is 7.18. The number of methoxy groups -OCH3 is 1. The normalized spacial score (nSPS) is 16.2. The van der Waals surface area contributed by atoms with Crippen molar-refractivity contribution in [1.82, 2.24) is 9.80 Å². The van der Waals surface area contributed by atoms with Crippen molar-refractivity contribution in [2.24, 2.45) is 0 Å². The first-order valence-corrected chi connectivity index (χ1v) is 9.33. The zero-order chi connectivity index (χ0) is 19.1. The third kappa shape index (κ3) is 5.46. The molecule has 1 aromatic carbocycles. The van der Waals surface area contributed by atoms with Crippen LogP contribution in [0.5, 0.6) is 5.75 Å². The topological polar surface area (TPSA) is 61.9 Å². The fourth-order valence-electron chi connectivity index (χ4n) is 3.37. The van der Waals surface area contributed by atoms with E-state index in [0.717, 1.165) is 18.6 Å². The van der Waals surface area contributed by atoms with Crippen molar-refractivity contribution in [3.8, 4) is 5.75 Å². The molecule has 0 bridgehead atoms. The molecule has 0 aliphatic heterocycles. The fraction of sp³-hybridized carbons (Fsp3) is 0.600. The van der Waals surface area contributed by atoms with Gasteiger partial charge in [-0.15, -0.1) is 0 Å². The molecule has 6 heteroatoms. The van der Waals surface area contributed by atoms with Crippen molar-refractivity contribution in [3.63, 3.8) is 0 Å². The van der Waals surface area contributed by atoms with Gasteiger partial charge < -0.3 is 15.0 Å². The molecule has 0 unspecified atom stereocenters. The van der Waals surface area contributed by atoms with Crippen LogP contribution in [0.15, 0.2) is 24.3 Å². The van der Waals surface area contributed by atoms with E-state index in [1.54, 1.807) is 36.3 Å². The number of nitrogens with zero attached hydrogens (tertiary/aromatic N) is 2. The molecule has 0 aromatic heterocycles. The minimum atomic E-state index is -0.330. The van der Waals surface area contributed by atoms with Gasteiger partial charge in [-0.1, -0.05) is 19.3 Å². The number of amides is 2. The Morgan fingerprint density at radius 2 is 1.77 bits per heavy atom. The molecule has 1 fully saturated rings. The lowest BCUT2D eigenvalue weighted by Gasteiger charge is -2.35. The van der Waals surface area contributed by atoms with E-state index in [1.165, 1.54) is 19.3 Å². The number of benzene rings is 1. The summed E-state index contributed by atoms with van der Waals surface area (Å²) in [5.74, 6) is 0.680. The van der Waals surface area contributed by atoms with Gasteiger partial charge in [0.15, 0.2) is 0 Å². The number of anilines is 1. The summed E-state index contributed by atoms with van der Waals surface area (Å²) in [5.41, 5.74) is 0.711. The highest BCUT2D eigenvalue weighted by atomic mass is 16.5. The summed E-state index contributed by atoms with van der Waals surface area (Å²) < 4.78 is 5.11. The van der Waals surface area contributed by atoms with Crippen molar-refractivity contribution in [2.45, 2.75) is 51.1 Å². The van der Waals surface area contributed by atoms with Gasteiger partial charge in [0.2, 0.25) is 11.8 Å². The first kappa shape index (κ1) is 20.2. The lowest BCUT2D eigenvalue weighted by Crippen LogP contribution is -2.49. The average molecular weight is 361 g/mol. The number of hydrogen-bond acceptors (Lipinski definition) is 4. The lowest BCUT2D eigenvalue weighted by atomic mass is 9.94. The molecule has 1 aliphatic carbocycles. The molecule has 26 heavy (non-hydrogen) atoms. The van der Waals surface area contributed by atoms with E-state index < -0.39 is 0 Å². The highest BCUT2D eigenvalue weighted by Gasteiger charge is 2.28. The standard InChI is InChI=1S/C20H31N3O3/c1-15(20(25)23(3)17-8-6-5-7-9-17)22(2)14-19(24)21-16-10-12-18(26-4)13-11-16/h10-13,15,17H,5-9,14H2,1-4H3,(H,21,24)/t15-/m1/s1. The third-order valence-electron chi connectivity index (χ3n) is 5.26. The molecule has 1 aliphatic rings. The molecular formula is C20H31N3O3. The summed E-state index contributed by atoms with van der Waals surface area (Å²) >= 11 is 0. The Morgan fingerprint density at radius 1 is 1.15 bits per heavy atom. The van der Waals surface area contributed by atoms with Gasteiger partial charge in [-0.3, -0.25) is 14.5 Å². The van der Waals surface area contributed by atoms with Gasteiger partial charge in [0.1, 0.15) is 5.75 Å². The van der Waals surface area contributed by atoms with Gasteiger partial charge in [0.05, 0.1) is 19.7 Å². The molecule has 144 valence electrons. The smallest absolute Gasteiger partial charge is 0.239 e. The van der Waals surface area contributed by atoms with Crippen molar-refractivity contribution < 1.29 is 14.3 Å². The van der Waals surface area contributed by atoms with Crippen LogP contribution in [0.4, 0.5) is 5.69 Å². The monoisotopic (exact) mass is 361 g/mol. The molecule has 2 rings (SSSR count). The maximum atomic E-state index is 12.7. The first-order chi connectivity index (χ1) is 12.4. The Hall–Kier alpha value is -2.08. The third-order valence-corrected chi connectivity index (χ3v) is 5.26. The second-order valence-corrected chi connectivity index (χ2v) is 7.11. The molecule has 1 aromatic rings. The van der Waals surface area contributed by atoms with Crippen molar-refractivity contribution in [3.05, 3.63) is 24.3 Å². The van der Waals surface area contributed by atoms with Gasteiger partial charge in [-0.2, -0.15) is 0 Å². The Kier molecular flexibility index (Phi) is 7.45. The van der Waals surface area contributed by atoms with Crippen LogP contribution < -0.4 is 10.1 Å². The number of hydrogen-bond donors (Lipinski definition) is 1.